The Morgan fingerprint density at radius 2 is 2.33 bits per heavy atom. The van der Waals surface area contributed by atoms with Crippen molar-refractivity contribution in [1.29, 1.82) is 0 Å². The number of carbonyl (C=O) groups excluding carboxylic acids is 1. The molecule has 0 spiro atoms. The second kappa shape index (κ2) is 3.58. The molecule has 2 heterocycles. The highest BCUT2D eigenvalue weighted by Crippen LogP contribution is 2.17. The summed E-state index contributed by atoms with van der Waals surface area (Å²) >= 11 is 0. The van der Waals surface area contributed by atoms with E-state index in [0.29, 0.717) is 6.54 Å². The first-order valence-electron chi connectivity index (χ1n) is 4.93. The first-order chi connectivity index (χ1) is 7.09. The van der Waals surface area contributed by atoms with Gasteiger partial charge in [-0.15, -0.1) is 0 Å². The third kappa shape index (κ3) is 1.97. The van der Waals surface area contributed by atoms with Crippen LogP contribution in [0.5, 0.6) is 0 Å². The summed E-state index contributed by atoms with van der Waals surface area (Å²) < 4.78 is 0. The molecule has 1 saturated heterocycles. The summed E-state index contributed by atoms with van der Waals surface area (Å²) in [6.45, 7) is 4.26. The molecule has 1 fully saturated rings. The van der Waals surface area contributed by atoms with Crippen LogP contribution in [0.25, 0.3) is 0 Å². The van der Waals surface area contributed by atoms with E-state index in [4.69, 9.17) is 0 Å². The lowest BCUT2D eigenvalue weighted by atomic mass is 9.98. The molecule has 1 aromatic rings. The van der Waals surface area contributed by atoms with Crippen LogP contribution in [0.15, 0.2) is 18.3 Å². The highest BCUT2D eigenvalue weighted by Gasteiger charge is 2.35. The molecule has 80 valence electrons. The topological polar surface area (TPSA) is 66.9 Å². The minimum Gasteiger partial charge on any atom is -0.353 e. The van der Waals surface area contributed by atoms with Gasteiger partial charge >= 0.3 is 0 Å². The van der Waals surface area contributed by atoms with E-state index >= 15 is 0 Å². The van der Waals surface area contributed by atoms with E-state index in [2.05, 4.69) is 20.8 Å². The number of nitrogens with zero attached hydrogens (tertiary/aromatic N) is 2. The third-order valence-electron chi connectivity index (χ3n) is 2.52. The Bertz CT molecular complexity index is 363. The summed E-state index contributed by atoms with van der Waals surface area (Å²) in [7, 11) is 0. The predicted octanol–water partition coefficient (Wildman–Crippen LogP) is 0.0157. The number of carbonyl (C=O) groups is 1. The smallest absolute Gasteiger partial charge is 0.239 e. The minimum absolute atomic E-state index is 0.0163. The Labute approximate surface area is 88.3 Å². The van der Waals surface area contributed by atoms with Gasteiger partial charge in [-0.2, -0.15) is 10.2 Å². The maximum Gasteiger partial charge on any atom is 0.239 e. The zero-order valence-electron chi connectivity index (χ0n) is 8.82. The average Bonchev–Trinajstić information content (AvgIpc) is 2.23. The van der Waals surface area contributed by atoms with Crippen LogP contribution < -0.4 is 10.6 Å². The van der Waals surface area contributed by atoms with Crippen LogP contribution in [-0.4, -0.2) is 28.2 Å². The van der Waals surface area contributed by atoms with Gasteiger partial charge in [0, 0.05) is 12.7 Å². The number of hydrogen-bond acceptors (Lipinski definition) is 4. The van der Waals surface area contributed by atoms with Crippen LogP contribution >= 0.6 is 0 Å². The predicted molar refractivity (Wildman–Crippen MR) is 55.0 cm³/mol. The van der Waals surface area contributed by atoms with Crippen LogP contribution in [-0.2, 0) is 4.79 Å². The fourth-order valence-corrected chi connectivity index (χ4v) is 1.65. The molecular weight excluding hydrogens is 192 g/mol. The maximum absolute atomic E-state index is 11.5. The number of amides is 1. The molecule has 1 unspecified atom stereocenters. The first-order valence-corrected chi connectivity index (χ1v) is 4.93. The number of aromatic nitrogens is 2. The monoisotopic (exact) mass is 206 g/mol. The van der Waals surface area contributed by atoms with E-state index in [1.807, 2.05) is 26.0 Å². The third-order valence-corrected chi connectivity index (χ3v) is 2.52. The molecule has 1 aliphatic heterocycles. The standard InChI is InChI=1S/C10H14N4O/c1-10(2)9(15)11-6-8(13-10)7-4-3-5-12-14-7/h3-5,8,13H,6H2,1-2H3,(H,11,15). The zero-order valence-corrected chi connectivity index (χ0v) is 8.82. The van der Waals surface area contributed by atoms with Crippen molar-refractivity contribution < 1.29 is 4.79 Å². The number of hydrogen-bond donors (Lipinski definition) is 2. The molecule has 2 rings (SSSR count). The van der Waals surface area contributed by atoms with Gasteiger partial charge in [0.15, 0.2) is 0 Å². The van der Waals surface area contributed by atoms with Gasteiger partial charge in [-0.3, -0.25) is 10.1 Å². The summed E-state index contributed by atoms with van der Waals surface area (Å²) in [5.74, 6) is 0.0163. The van der Waals surface area contributed by atoms with E-state index in [-0.39, 0.29) is 11.9 Å². The number of rotatable bonds is 1. The van der Waals surface area contributed by atoms with Crippen molar-refractivity contribution in [2.75, 3.05) is 6.54 Å². The van der Waals surface area contributed by atoms with E-state index in [1.54, 1.807) is 6.20 Å². The lowest BCUT2D eigenvalue weighted by Gasteiger charge is -2.35. The van der Waals surface area contributed by atoms with Crippen molar-refractivity contribution in [3.63, 3.8) is 0 Å². The van der Waals surface area contributed by atoms with Crippen molar-refractivity contribution in [2.24, 2.45) is 0 Å². The van der Waals surface area contributed by atoms with Gasteiger partial charge in [0.2, 0.25) is 5.91 Å². The Morgan fingerprint density at radius 1 is 1.53 bits per heavy atom. The molecule has 15 heavy (non-hydrogen) atoms. The SMILES string of the molecule is CC1(C)NC(c2cccnn2)CNC1=O. The summed E-state index contributed by atoms with van der Waals surface area (Å²) in [5.41, 5.74) is 0.297. The summed E-state index contributed by atoms with van der Waals surface area (Å²) in [5, 5.41) is 13.9. The summed E-state index contributed by atoms with van der Waals surface area (Å²) in [6, 6.07) is 3.78. The fourth-order valence-electron chi connectivity index (χ4n) is 1.65. The van der Waals surface area contributed by atoms with Gasteiger partial charge in [-0.25, -0.2) is 0 Å². The normalized spacial score (nSPS) is 24.7. The van der Waals surface area contributed by atoms with Gasteiger partial charge in [-0.1, -0.05) is 0 Å². The molecule has 5 nitrogen and oxygen atoms in total. The Kier molecular flexibility index (Phi) is 2.40. The van der Waals surface area contributed by atoms with Crippen molar-refractivity contribution in [3.05, 3.63) is 24.0 Å². The minimum atomic E-state index is -0.555. The second-order valence-electron chi connectivity index (χ2n) is 4.18. The molecule has 1 amide bonds. The van der Waals surface area contributed by atoms with Crippen LogP contribution in [0.4, 0.5) is 0 Å². The van der Waals surface area contributed by atoms with Crippen molar-refractivity contribution in [3.8, 4) is 0 Å². The highest BCUT2D eigenvalue weighted by molar-refractivity contribution is 5.86. The van der Waals surface area contributed by atoms with Gasteiger partial charge < -0.3 is 5.32 Å². The van der Waals surface area contributed by atoms with Gasteiger partial charge in [-0.05, 0) is 26.0 Å². The highest BCUT2D eigenvalue weighted by atomic mass is 16.2. The fraction of sp³-hybridized carbons (Fsp3) is 0.500. The van der Waals surface area contributed by atoms with Crippen LogP contribution in [0, 0.1) is 0 Å². The van der Waals surface area contributed by atoms with E-state index in [1.165, 1.54) is 0 Å². The molecule has 0 saturated carbocycles. The number of nitrogens with one attached hydrogen (secondary N) is 2. The zero-order chi connectivity index (χ0) is 10.9. The molecule has 2 N–H and O–H groups in total. The molecule has 0 radical (unpaired) electrons. The quantitative estimate of drug-likeness (QED) is 0.679. The van der Waals surface area contributed by atoms with E-state index in [9.17, 15) is 4.79 Å². The number of piperazine rings is 1. The van der Waals surface area contributed by atoms with Gasteiger partial charge in [0.25, 0.3) is 0 Å². The summed E-state index contributed by atoms with van der Waals surface area (Å²) in [6.07, 6.45) is 1.63. The molecule has 1 aromatic heterocycles. The molecule has 1 atom stereocenters. The van der Waals surface area contributed by atoms with Crippen LogP contribution in [0.3, 0.4) is 0 Å². The van der Waals surface area contributed by atoms with Crippen molar-refractivity contribution in [1.82, 2.24) is 20.8 Å². The lowest BCUT2D eigenvalue weighted by Crippen LogP contribution is -2.60. The lowest BCUT2D eigenvalue weighted by molar-refractivity contribution is -0.128. The van der Waals surface area contributed by atoms with E-state index in [0.717, 1.165) is 5.69 Å². The van der Waals surface area contributed by atoms with Gasteiger partial charge in [0.05, 0.1) is 17.3 Å². The molecule has 0 bridgehead atoms. The summed E-state index contributed by atoms with van der Waals surface area (Å²) in [4.78, 5) is 11.5. The molecule has 1 aliphatic rings. The van der Waals surface area contributed by atoms with Crippen LogP contribution in [0.1, 0.15) is 25.6 Å². The Hall–Kier alpha value is -1.49. The second-order valence-corrected chi connectivity index (χ2v) is 4.18. The Balaban J connectivity index is 2.17. The van der Waals surface area contributed by atoms with Crippen LogP contribution in [0.2, 0.25) is 0 Å². The molecule has 0 aromatic carbocycles. The Morgan fingerprint density at radius 3 is 2.93 bits per heavy atom. The van der Waals surface area contributed by atoms with Crippen molar-refractivity contribution in [2.45, 2.75) is 25.4 Å². The van der Waals surface area contributed by atoms with Crippen molar-refractivity contribution >= 4 is 5.91 Å². The average molecular weight is 206 g/mol. The maximum atomic E-state index is 11.5. The molecule has 0 aliphatic carbocycles. The molecular formula is C10H14N4O. The largest absolute Gasteiger partial charge is 0.353 e. The molecule has 5 heteroatoms. The first kappa shape index (κ1) is 10.0. The van der Waals surface area contributed by atoms with Gasteiger partial charge in [0.1, 0.15) is 0 Å². The van der Waals surface area contributed by atoms with E-state index < -0.39 is 5.54 Å².